The lowest BCUT2D eigenvalue weighted by Gasteiger charge is -2.14. The van der Waals surface area contributed by atoms with Crippen LogP contribution in [0.2, 0.25) is 0 Å². The Morgan fingerprint density at radius 1 is 1.60 bits per heavy atom. The van der Waals surface area contributed by atoms with Crippen LogP contribution in [0.4, 0.5) is 4.39 Å². The monoisotopic (exact) mass is 294 g/mol. The second kappa shape index (κ2) is 5.96. The maximum Gasteiger partial charge on any atom is 0.251 e. The summed E-state index contributed by atoms with van der Waals surface area (Å²) in [6, 6.07) is 5.21. The number of carbonyl (C=O) groups excluding carboxylic acids is 1. The van der Waals surface area contributed by atoms with E-state index in [1.165, 1.54) is 18.2 Å². The third kappa shape index (κ3) is 2.93. The summed E-state index contributed by atoms with van der Waals surface area (Å²) in [5.41, 5.74) is 0.272. The fourth-order valence-electron chi connectivity index (χ4n) is 1.94. The molecule has 0 radical (unpaired) electrons. The number of carbonyl (C=O) groups is 1. The van der Waals surface area contributed by atoms with Crippen LogP contribution in [0.1, 0.15) is 36.1 Å². The Balaban J connectivity index is 2.17. The molecular weight excluding hydrogens is 279 g/mol. The van der Waals surface area contributed by atoms with Gasteiger partial charge >= 0.3 is 0 Å². The number of hydrogen-bond acceptors (Lipinski definition) is 3. The Morgan fingerprint density at radius 2 is 2.35 bits per heavy atom. The number of halogens is 1. The van der Waals surface area contributed by atoms with Crippen molar-refractivity contribution in [1.82, 2.24) is 20.1 Å². The highest BCUT2D eigenvalue weighted by atomic mass is 32.1. The van der Waals surface area contributed by atoms with Crippen molar-refractivity contribution in [2.45, 2.75) is 26.4 Å². The molecule has 1 heterocycles. The molecule has 7 heteroatoms. The summed E-state index contributed by atoms with van der Waals surface area (Å²) in [6.07, 6.45) is 0. The number of aromatic nitrogens is 3. The van der Waals surface area contributed by atoms with Gasteiger partial charge in [-0.1, -0.05) is 6.07 Å². The predicted molar refractivity (Wildman–Crippen MR) is 75.4 cm³/mol. The molecule has 0 spiro atoms. The molecular formula is C13H15FN4OS. The van der Waals surface area contributed by atoms with E-state index in [0.29, 0.717) is 17.1 Å². The molecule has 0 aliphatic carbocycles. The molecule has 106 valence electrons. The minimum Gasteiger partial charge on any atom is -0.342 e. The molecule has 1 aromatic heterocycles. The number of aromatic amines is 1. The lowest BCUT2D eigenvalue weighted by Crippen LogP contribution is -2.28. The van der Waals surface area contributed by atoms with Crippen LogP contribution < -0.4 is 5.32 Å². The highest BCUT2D eigenvalue weighted by Gasteiger charge is 2.16. The smallest absolute Gasteiger partial charge is 0.251 e. The topological polar surface area (TPSA) is 62.7 Å². The Bertz CT molecular complexity index is 679. The van der Waals surface area contributed by atoms with Crippen molar-refractivity contribution in [3.05, 3.63) is 46.2 Å². The average molecular weight is 294 g/mol. The molecule has 0 aliphatic heterocycles. The number of benzene rings is 1. The normalized spacial score (nSPS) is 12.2. The predicted octanol–water partition coefficient (Wildman–Crippen LogP) is 2.59. The van der Waals surface area contributed by atoms with Gasteiger partial charge in [-0.05, 0) is 44.3 Å². The Kier molecular flexibility index (Phi) is 4.29. The van der Waals surface area contributed by atoms with Crippen molar-refractivity contribution < 1.29 is 9.18 Å². The minimum atomic E-state index is -0.443. The molecule has 0 aliphatic rings. The van der Waals surface area contributed by atoms with Crippen molar-refractivity contribution >= 4 is 18.1 Å². The highest BCUT2D eigenvalue weighted by molar-refractivity contribution is 7.71. The fraction of sp³-hybridized carbons (Fsp3) is 0.308. The van der Waals surface area contributed by atoms with Gasteiger partial charge in [-0.3, -0.25) is 9.89 Å². The van der Waals surface area contributed by atoms with Crippen molar-refractivity contribution in [2.75, 3.05) is 0 Å². The number of nitrogens with one attached hydrogen (secondary N) is 2. The first-order valence-corrected chi connectivity index (χ1v) is 6.65. The number of rotatable bonds is 4. The average Bonchev–Trinajstić information content (AvgIpc) is 2.79. The number of H-pyrrole nitrogens is 1. The van der Waals surface area contributed by atoms with Gasteiger partial charge in [-0.2, -0.15) is 5.10 Å². The van der Waals surface area contributed by atoms with Crippen LogP contribution >= 0.6 is 12.2 Å². The third-order valence-corrected chi connectivity index (χ3v) is 3.24. The quantitative estimate of drug-likeness (QED) is 0.852. The molecule has 0 saturated carbocycles. The molecule has 1 amide bonds. The lowest BCUT2D eigenvalue weighted by atomic mass is 10.2. The molecule has 0 saturated heterocycles. The van der Waals surface area contributed by atoms with Gasteiger partial charge in [0.1, 0.15) is 5.82 Å². The largest absolute Gasteiger partial charge is 0.342 e. The Morgan fingerprint density at radius 3 is 3.00 bits per heavy atom. The van der Waals surface area contributed by atoms with Gasteiger partial charge in [0.25, 0.3) is 5.91 Å². The minimum absolute atomic E-state index is 0.272. The number of hydrogen-bond donors (Lipinski definition) is 2. The van der Waals surface area contributed by atoms with Gasteiger partial charge in [0.05, 0.1) is 6.04 Å². The van der Waals surface area contributed by atoms with Gasteiger partial charge in [0, 0.05) is 12.1 Å². The molecule has 2 rings (SSSR count). The van der Waals surface area contributed by atoms with Crippen molar-refractivity contribution in [1.29, 1.82) is 0 Å². The van der Waals surface area contributed by atoms with E-state index in [9.17, 15) is 9.18 Å². The summed E-state index contributed by atoms with van der Waals surface area (Å²) in [7, 11) is 0. The van der Waals surface area contributed by atoms with E-state index in [1.54, 1.807) is 17.6 Å². The summed E-state index contributed by atoms with van der Waals surface area (Å²) in [5.74, 6) is -0.155. The van der Waals surface area contributed by atoms with Gasteiger partial charge in [-0.25, -0.2) is 4.39 Å². The second-order valence-electron chi connectivity index (χ2n) is 4.34. The highest BCUT2D eigenvalue weighted by Crippen LogP contribution is 2.12. The molecule has 5 nitrogen and oxygen atoms in total. The van der Waals surface area contributed by atoms with E-state index in [-0.39, 0.29) is 17.5 Å². The Labute approximate surface area is 120 Å². The summed E-state index contributed by atoms with van der Waals surface area (Å²) in [4.78, 5) is 12.0. The van der Waals surface area contributed by atoms with Gasteiger partial charge in [0.2, 0.25) is 0 Å². The van der Waals surface area contributed by atoms with Crippen molar-refractivity contribution in [2.24, 2.45) is 0 Å². The van der Waals surface area contributed by atoms with Crippen LogP contribution in [0.3, 0.4) is 0 Å². The molecule has 2 aromatic rings. The fourth-order valence-corrected chi connectivity index (χ4v) is 2.21. The summed E-state index contributed by atoms with van der Waals surface area (Å²) in [6.45, 7) is 4.40. The third-order valence-electron chi connectivity index (χ3n) is 2.93. The van der Waals surface area contributed by atoms with Crippen LogP contribution in [0, 0.1) is 10.6 Å². The van der Waals surface area contributed by atoms with Crippen LogP contribution in [0.15, 0.2) is 24.3 Å². The van der Waals surface area contributed by atoms with Gasteiger partial charge < -0.3 is 9.88 Å². The molecule has 1 aromatic carbocycles. The Hall–Kier alpha value is -2.02. The number of amides is 1. The van der Waals surface area contributed by atoms with Crippen molar-refractivity contribution in [3.63, 3.8) is 0 Å². The van der Waals surface area contributed by atoms with E-state index in [0.717, 1.165) is 0 Å². The standard InChI is InChI=1S/C13H15FN4OS/c1-3-18-11(16-17-13(18)20)8(2)15-12(19)9-5-4-6-10(14)7-9/h4-8H,3H2,1-2H3,(H,15,19)(H,17,20). The lowest BCUT2D eigenvalue weighted by molar-refractivity contribution is 0.0937. The first-order valence-electron chi connectivity index (χ1n) is 6.24. The molecule has 1 unspecified atom stereocenters. The maximum absolute atomic E-state index is 13.1. The molecule has 0 bridgehead atoms. The zero-order chi connectivity index (χ0) is 14.7. The maximum atomic E-state index is 13.1. The van der Waals surface area contributed by atoms with Crippen LogP contribution in [-0.2, 0) is 6.54 Å². The zero-order valence-corrected chi connectivity index (χ0v) is 12.0. The molecule has 20 heavy (non-hydrogen) atoms. The first kappa shape index (κ1) is 14.4. The molecule has 2 N–H and O–H groups in total. The van der Waals surface area contributed by atoms with E-state index in [2.05, 4.69) is 15.5 Å². The van der Waals surface area contributed by atoms with Crippen LogP contribution in [0.25, 0.3) is 0 Å². The van der Waals surface area contributed by atoms with Gasteiger partial charge in [0.15, 0.2) is 10.6 Å². The molecule has 0 fully saturated rings. The summed E-state index contributed by atoms with van der Waals surface area (Å²) < 4.78 is 15.4. The van der Waals surface area contributed by atoms with Crippen LogP contribution in [-0.4, -0.2) is 20.7 Å². The van der Waals surface area contributed by atoms with Crippen LogP contribution in [0.5, 0.6) is 0 Å². The second-order valence-corrected chi connectivity index (χ2v) is 4.72. The van der Waals surface area contributed by atoms with E-state index in [1.807, 2.05) is 6.92 Å². The van der Waals surface area contributed by atoms with E-state index < -0.39 is 5.82 Å². The molecule has 1 atom stereocenters. The SMILES string of the molecule is CCn1c(C(C)NC(=O)c2cccc(F)c2)n[nH]c1=S. The zero-order valence-electron chi connectivity index (χ0n) is 11.2. The van der Waals surface area contributed by atoms with Crippen molar-refractivity contribution in [3.8, 4) is 0 Å². The van der Waals surface area contributed by atoms with Gasteiger partial charge in [-0.15, -0.1) is 0 Å². The first-order chi connectivity index (χ1) is 9.52. The van der Waals surface area contributed by atoms with E-state index >= 15 is 0 Å². The van der Waals surface area contributed by atoms with E-state index in [4.69, 9.17) is 12.2 Å². The summed E-state index contributed by atoms with van der Waals surface area (Å²) >= 11 is 5.10. The number of nitrogens with zero attached hydrogens (tertiary/aromatic N) is 2. The summed E-state index contributed by atoms with van der Waals surface area (Å²) in [5, 5.41) is 9.58.